The van der Waals surface area contributed by atoms with Gasteiger partial charge in [0, 0.05) is 40.4 Å². The van der Waals surface area contributed by atoms with Gasteiger partial charge in [-0.3, -0.25) is 0 Å². The van der Waals surface area contributed by atoms with E-state index in [1.807, 2.05) is 22.6 Å². The standard InChI is InChI=1S/C21H16Br2F2.C9H12.C6H3BFI/c22-18-12-10-16(14-20(18)24)8-6-4-2-1-3-5-7-9-17-11-13-19(23)21(25)15-17;1-3-5-7-9-8-6-4-2;7-5-2-1-4(9)3-6(5)8/h10-15H,1-5H2;1-2H,5-9H2;1-3H. The molecule has 0 heterocycles. The lowest BCUT2D eigenvalue weighted by atomic mass is 9.96. The van der Waals surface area contributed by atoms with Crippen LogP contribution in [-0.2, 0) is 0 Å². The van der Waals surface area contributed by atoms with E-state index in [1.165, 1.54) is 24.6 Å². The fraction of sp³-hybridized carbons (Fsp3) is 0.278. The van der Waals surface area contributed by atoms with Crippen molar-refractivity contribution < 1.29 is 13.2 Å². The minimum Gasteiger partial charge on any atom is -0.208 e. The van der Waals surface area contributed by atoms with Gasteiger partial charge in [-0.2, -0.15) is 0 Å². The van der Waals surface area contributed by atoms with E-state index in [1.54, 1.807) is 36.4 Å². The number of rotatable bonds is 8. The van der Waals surface area contributed by atoms with Crippen LogP contribution >= 0.6 is 54.5 Å². The first kappa shape index (κ1) is 38.5. The lowest BCUT2D eigenvalue weighted by molar-refractivity contribution is 0.620. The predicted octanol–water partition coefficient (Wildman–Crippen LogP) is 10.3. The van der Waals surface area contributed by atoms with E-state index in [4.69, 9.17) is 20.7 Å². The van der Waals surface area contributed by atoms with Crippen LogP contribution in [-0.4, -0.2) is 7.85 Å². The van der Waals surface area contributed by atoms with E-state index < -0.39 is 0 Å². The molecule has 220 valence electrons. The minimum atomic E-state index is -0.345. The van der Waals surface area contributed by atoms with E-state index in [9.17, 15) is 13.2 Å². The molecule has 3 aromatic rings. The van der Waals surface area contributed by atoms with Crippen molar-refractivity contribution in [2.75, 3.05) is 0 Å². The van der Waals surface area contributed by atoms with Crippen LogP contribution in [0.4, 0.5) is 13.2 Å². The molecule has 0 bridgehead atoms. The molecule has 0 fully saturated rings. The zero-order chi connectivity index (χ0) is 31.9. The van der Waals surface area contributed by atoms with Crippen molar-refractivity contribution in [2.45, 2.75) is 64.2 Å². The van der Waals surface area contributed by atoms with E-state index in [0.29, 0.717) is 20.1 Å². The molecule has 0 aliphatic rings. The molecule has 2 radical (unpaired) electrons. The number of hydrogen-bond acceptors (Lipinski definition) is 0. The van der Waals surface area contributed by atoms with Gasteiger partial charge in [0.05, 0.1) is 8.95 Å². The van der Waals surface area contributed by atoms with Crippen molar-refractivity contribution in [2.24, 2.45) is 0 Å². The molecular formula is C36H31BBr2F3I. The maximum atomic E-state index is 13.3. The second kappa shape index (κ2) is 23.8. The molecule has 0 aliphatic carbocycles. The quantitative estimate of drug-likeness (QED) is 0.0920. The van der Waals surface area contributed by atoms with E-state index in [2.05, 4.69) is 67.4 Å². The second-order valence-corrected chi connectivity index (χ2v) is 12.0. The highest BCUT2D eigenvalue weighted by atomic mass is 127. The molecule has 3 rings (SSSR count). The Bertz CT molecular complexity index is 1410. The van der Waals surface area contributed by atoms with Crippen LogP contribution in [0.5, 0.6) is 0 Å². The predicted molar refractivity (Wildman–Crippen MR) is 190 cm³/mol. The van der Waals surface area contributed by atoms with Crippen LogP contribution in [0, 0.1) is 69.4 Å². The molecule has 0 nitrogen and oxygen atoms in total. The Morgan fingerprint density at radius 2 is 1.05 bits per heavy atom. The van der Waals surface area contributed by atoms with Crippen LogP contribution < -0.4 is 5.46 Å². The summed E-state index contributed by atoms with van der Waals surface area (Å²) in [6, 6.07) is 14.5. The van der Waals surface area contributed by atoms with E-state index in [-0.39, 0.29) is 22.9 Å². The van der Waals surface area contributed by atoms with Gasteiger partial charge >= 0.3 is 0 Å². The summed E-state index contributed by atoms with van der Waals surface area (Å²) in [6.07, 6.45) is 19.9. The molecule has 0 saturated carbocycles. The lowest BCUT2D eigenvalue weighted by Crippen LogP contribution is -2.06. The largest absolute Gasteiger partial charge is 0.208 e. The number of terminal acetylenes is 2. The van der Waals surface area contributed by atoms with Crippen molar-refractivity contribution in [1.29, 1.82) is 0 Å². The first-order valence-corrected chi connectivity index (χ1v) is 16.3. The highest BCUT2D eigenvalue weighted by molar-refractivity contribution is 14.1. The molecule has 0 unspecified atom stereocenters. The molecule has 0 spiro atoms. The van der Waals surface area contributed by atoms with Gasteiger partial charge in [0.15, 0.2) is 0 Å². The molecule has 0 saturated heterocycles. The number of hydrogen-bond donors (Lipinski definition) is 0. The highest BCUT2D eigenvalue weighted by Crippen LogP contribution is 2.17. The summed E-state index contributed by atoms with van der Waals surface area (Å²) in [5.41, 5.74) is 1.58. The Kier molecular flexibility index (Phi) is 21.3. The first-order chi connectivity index (χ1) is 20.7. The third-order valence-electron chi connectivity index (χ3n) is 5.51. The molecule has 0 amide bonds. The van der Waals surface area contributed by atoms with Crippen molar-refractivity contribution in [3.05, 3.63) is 95.7 Å². The van der Waals surface area contributed by atoms with Crippen molar-refractivity contribution in [3.63, 3.8) is 0 Å². The fourth-order valence-corrected chi connectivity index (χ4v) is 4.16. The van der Waals surface area contributed by atoms with Gasteiger partial charge in [0.2, 0.25) is 0 Å². The van der Waals surface area contributed by atoms with Crippen LogP contribution in [0.15, 0.2) is 63.5 Å². The Morgan fingerprint density at radius 1 is 0.605 bits per heavy atom. The lowest BCUT2D eigenvalue weighted by Gasteiger charge is -1.95. The van der Waals surface area contributed by atoms with Gasteiger partial charge < -0.3 is 0 Å². The van der Waals surface area contributed by atoms with Gasteiger partial charge in [-0.15, -0.1) is 24.7 Å². The maximum absolute atomic E-state index is 13.3. The fourth-order valence-electron chi connectivity index (χ4n) is 3.21. The van der Waals surface area contributed by atoms with Crippen molar-refractivity contribution in [3.8, 4) is 48.4 Å². The summed E-state index contributed by atoms with van der Waals surface area (Å²) in [6.45, 7) is 0. The zero-order valence-corrected chi connectivity index (χ0v) is 29.1. The minimum absolute atomic E-state index is 0.204. The van der Waals surface area contributed by atoms with E-state index in [0.717, 1.165) is 61.4 Å². The molecule has 43 heavy (non-hydrogen) atoms. The molecule has 7 heteroatoms. The molecule has 0 N–H and O–H groups in total. The summed E-state index contributed by atoms with van der Waals surface area (Å²) < 4.78 is 40.9. The Labute approximate surface area is 287 Å². The summed E-state index contributed by atoms with van der Waals surface area (Å²) in [7, 11) is 5.21. The SMILES string of the molecule is C#CCCCCCC#C.Fc1cc(C#CCCCCCC#Cc2ccc(Br)c(F)c2)ccc1Br.[B]c1ccc(I)cc1F. The van der Waals surface area contributed by atoms with Crippen LogP contribution in [0.1, 0.15) is 75.3 Å². The van der Waals surface area contributed by atoms with Gasteiger partial charge in [0.25, 0.3) is 0 Å². The Balaban J connectivity index is 0.000000418. The first-order valence-electron chi connectivity index (χ1n) is 13.6. The van der Waals surface area contributed by atoms with Crippen molar-refractivity contribution >= 4 is 67.8 Å². The van der Waals surface area contributed by atoms with Gasteiger partial charge in [0.1, 0.15) is 25.3 Å². The second-order valence-electron chi connectivity index (χ2n) is 9.06. The monoisotopic (exact) mass is 816 g/mol. The summed E-state index contributed by atoms with van der Waals surface area (Å²) in [5.74, 6) is 16.3. The molecule has 0 aliphatic heterocycles. The number of unbranched alkanes of at least 4 members (excludes halogenated alkanes) is 8. The summed E-state index contributed by atoms with van der Waals surface area (Å²) in [5, 5.41) is 0. The average molecular weight is 818 g/mol. The number of halogens is 6. The average Bonchev–Trinajstić information content (AvgIpc) is 2.98. The van der Waals surface area contributed by atoms with Crippen LogP contribution in [0.2, 0.25) is 0 Å². The molecular weight excluding hydrogens is 787 g/mol. The smallest absolute Gasteiger partial charge is 0.138 e. The van der Waals surface area contributed by atoms with Gasteiger partial charge in [-0.05, 0) is 129 Å². The van der Waals surface area contributed by atoms with Crippen LogP contribution in [0.3, 0.4) is 0 Å². The highest BCUT2D eigenvalue weighted by Gasteiger charge is 1.99. The number of benzene rings is 3. The zero-order valence-electron chi connectivity index (χ0n) is 23.8. The van der Waals surface area contributed by atoms with E-state index >= 15 is 0 Å². The van der Waals surface area contributed by atoms with Crippen molar-refractivity contribution in [1.82, 2.24) is 0 Å². The Hall–Kier alpha value is -2.56. The molecule has 0 aromatic heterocycles. The molecule has 0 atom stereocenters. The third-order valence-corrected chi connectivity index (χ3v) is 7.47. The normalized spacial score (nSPS) is 9.30. The van der Waals surface area contributed by atoms with Gasteiger partial charge in [-0.1, -0.05) is 48.1 Å². The Morgan fingerprint density at radius 3 is 1.42 bits per heavy atom. The maximum Gasteiger partial charge on any atom is 0.138 e. The molecule has 3 aromatic carbocycles. The van der Waals surface area contributed by atoms with Crippen LogP contribution in [0.25, 0.3) is 0 Å². The summed E-state index contributed by atoms with van der Waals surface area (Å²) >= 11 is 8.26. The summed E-state index contributed by atoms with van der Waals surface area (Å²) in [4.78, 5) is 0. The third kappa shape index (κ3) is 18.7. The van der Waals surface area contributed by atoms with Gasteiger partial charge in [-0.25, -0.2) is 13.2 Å². The topological polar surface area (TPSA) is 0 Å².